The number of nitrogens with one attached hydrogen (secondary N) is 2. The van der Waals surface area contributed by atoms with Gasteiger partial charge in [-0.1, -0.05) is 0 Å². The summed E-state index contributed by atoms with van der Waals surface area (Å²) in [6.45, 7) is 2.50. The maximum atomic E-state index is 10.6. The first-order valence-electron chi connectivity index (χ1n) is 4.70. The molecule has 0 radical (unpaired) electrons. The van der Waals surface area contributed by atoms with E-state index in [0.717, 1.165) is 0 Å². The first-order valence-corrected chi connectivity index (χ1v) is 5.58. The van der Waals surface area contributed by atoms with Crippen LogP contribution < -0.4 is 34.6 Å². The van der Waals surface area contributed by atoms with Gasteiger partial charge in [-0.3, -0.25) is 4.79 Å². The Balaban J connectivity index is 0.00000256. The van der Waals surface area contributed by atoms with Crippen molar-refractivity contribution >= 4 is 28.3 Å². The Hall–Kier alpha value is -1.03. The van der Waals surface area contributed by atoms with Crippen molar-refractivity contribution in [3.63, 3.8) is 0 Å². The van der Waals surface area contributed by atoms with Crippen LogP contribution in [0.2, 0.25) is 0 Å². The van der Waals surface area contributed by atoms with E-state index in [1.54, 1.807) is 5.38 Å². The molecule has 0 aliphatic rings. The van der Waals surface area contributed by atoms with E-state index in [1.165, 1.54) is 18.3 Å². The van der Waals surface area contributed by atoms with Crippen LogP contribution in [0.25, 0.3) is 0 Å². The second-order valence-electron chi connectivity index (χ2n) is 3.10. The van der Waals surface area contributed by atoms with Gasteiger partial charge in [0.1, 0.15) is 0 Å². The molecule has 8 heteroatoms. The Labute approximate surface area is 115 Å². The number of rotatable bonds is 6. The van der Waals surface area contributed by atoms with Crippen molar-refractivity contribution in [2.24, 2.45) is 0 Å². The van der Waals surface area contributed by atoms with E-state index in [9.17, 15) is 14.7 Å². The number of amides is 1. The SMILES string of the molecule is CC(=O)NCCNc1nc(CC(=O)[O-])cs1.[Li+]. The molecule has 0 aliphatic carbocycles. The molecule has 0 aromatic carbocycles. The van der Waals surface area contributed by atoms with Crippen LogP contribution in [0.15, 0.2) is 5.38 Å². The van der Waals surface area contributed by atoms with Crippen molar-refractivity contribution in [3.8, 4) is 0 Å². The number of carbonyl (C=O) groups excluding carboxylic acids is 2. The molecular weight excluding hydrogens is 237 g/mol. The summed E-state index contributed by atoms with van der Waals surface area (Å²) in [6, 6.07) is 0. The molecule has 6 nitrogen and oxygen atoms in total. The van der Waals surface area contributed by atoms with E-state index in [1.807, 2.05) is 0 Å². The van der Waals surface area contributed by atoms with Crippen LogP contribution in [-0.2, 0) is 16.0 Å². The Morgan fingerprint density at radius 1 is 1.47 bits per heavy atom. The predicted molar refractivity (Wildman–Crippen MR) is 58.0 cm³/mol. The van der Waals surface area contributed by atoms with Crippen LogP contribution in [-0.4, -0.2) is 29.9 Å². The molecule has 0 aliphatic heterocycles. The third-order valence-corrected chi connectivity index (χ3v) is 2.50. The molecule has 0 saturated heterocycles. The minimum absolute atomic E-state index is 0. The monoisotopic (exact) mass is 249 g/mol. The molecule has 0 atom stereocenters. The van der Waals surface area contributed by atoms with E-state index < -0.39 is 5.97 Å². The zero-order chi connectivity index (χ0) is 12.0. The zero-order valence-corrected chi connectivity index (χ0v) is 10.6. The van der Waals surface area contributed by atoms with Crippen molar-refractivity contribution in [1.29, 1.82) is 0 Å². The Kier molecular flexibility index (Phi) is 7.62. The summed E-state index contributed by atoms with van der Waals surface area (Å²) < 4.78 is 0. The molecule has 0 saturated carbocycles. The van der Waals surface area contributed by atoms with Gasteiger partial charge in [-0.25, -0.2) is 4.98 Å². The summed E-state index contributed by atoms with van der Waals surface area (Å²) in [6.07, 6.45) is -0.177. The number of carboxylic acids is 1. The van der Waals surface area contributed by atoms with Crippen molar-refractivity contribution in [1.82, 2.24) is 10.3 Å². The Morgan fingerprint density at radius 3 is 2.76 bits per heavy atom. The van der Waals surface area contributed by atoms with Gasteiger partial charge in [-0.2, -0.15) is 0 Å². The largest absolute Gasteiger partial charge is 1.00 e. The maximum Gasteiger partial charge on any atom is 1.00 e. The van der Waals surface area contributed by atoms with Crippen molar-refractivity contribution < 1.29 is 33.6 Å². The van der Waals surface area contributed by atoms with Crippen LogP contribution in [0.1, 0.15) is 12.6 Å². The molecule has 1 aromatic heterocycles. The fraction of sp³-hybridized carbons (Fsp3) is 0.444. The minimum atomic E-state index is -1.14. The van der Waals surface area contributed by atoms with Gasteiger partial charge in [0.05, 0.1) is 5.69 Å². The van der Waals surface area contributed by atoms with Gasteiger partial charge >= 0.3 is 18.9 Å². The standard InChI is InChI=1S/C9H13N3O3S.Li/c1-6(13)10-2-3-11-9-12-7(5-16-9)4-8(14)15;/h5H,2-4H2,1H3,(H,10,13)(H,11,12)(H,14,15);/q;+1/p-1. The molecule has 1 aromatic rings. The van der Waals surface area contributed by atoms with Crippen LogP contribution in [0.5, 0.6) is 0 Å². The summed E-state index contributed by atoms with van der Waals surface area (Å²) in [5.41, 5.74) is 0.479. The molecule has 0 spiro atoms. The summed E-state index contributed by atoms with van der Waals surface area (Å²) in [4.78, 5) is 24.9. The molecule has 0 bridgehead atoms. The number of hydrogen-bond acceptors (Lipinski definition) is 6. The van der Waals surface area contributed by atoms with Gasteiger partial charge < -0.3 is 20.5 Å². The number of anilines is 1. The summed E-state index contributed by atoms with van der Waals surface area (Å²) in [5, 5.41) is 18.2. The van der Waals surface area contributed by atoms with E-state index >= 15 is 0 Å². The fourth-order valence-electron chi connectivity index (χ4n) is 1.03. The molecule has 1 amide bonds. The quantitative estimate of drug-likeness (QED) is 0.396. The van der Waals surface area contributed by atoms with Gasteiger partial charge in [0.15, 0.2) is 5.13 Å². The average molecular weight is 249 g/mol. The topological polar surface area (TPSA) is 94.2 Å². The van der Waals surface area contributed by atoms with Gasteiger partial charge in [0, 0.05) is 37.8 Å². The van der Waals surface area contributed by atoms with Gasteiger partial charge in [-0.05, 0) is 0 Å². The van der Waals surface area contributed by atoms with Crippen molar-refractivity contribution in [2.75, 3.05) is 18.4 Å². The fourth-order valence-corrected chi connectivity index (χ4v) is 1.76. The number of carboxylic acid groups (broad SMARTS) is 1. The number of aromatic nitrogens is 1. The number of carbonyl (C=O) groups is 2. The second-order valence-corrected chi connectivity index (χ2v) is 3.96. The summed E-state index contributed by atoms with van der Waals surface area (Å²) in [7, 11) is 0. The Bertz CT molecular complexity index is 383. The number of hydrogen-bond donors (Lipinski definition) is 2. The molecule has 2 N–H and O–H groups in total. The third-order valence-electron chi connectivity index (χ3n) is 1.65. The number of thiazole rings is 1. The predicted octanol–water partition coefficient (Wildman–Crippen LogP) is -4.01. The normalized spacial score (nSPS) is 9.24. The number of nitrogens with zero attached hydrogens (tertiary/aromatic N) is 1. The molecule has 0 fully saturated rings. The van der Waals surface area contributed by atoms with Gasteiger partial charge in [0.25, 0.3) is 0 Å². The van der Waals surface area contributed by atoms with E-state index in [-0.39, 0.29) is 31.2 Å². The second kappa shape index (κ2) is 8.12. The van der Waals surface area contributed by atoms with Crippen LogP contribution in [0.3, 0.4) is 0 Å². The Morgan fingerprint density at radius 2 is 2.18 bits per heavy atom. The third kappa shape index (κ3) is 7.00. The average Bonchev–Trinajstić information content (AvgIpc) is 2.59. The number of aliphatic carboxylic acids is 1. The van der Waals surface area contributed by atoms with Crippen LogP contribution in [0, 0.1) is 0 Å². The van der Waals surface area contributed by atoms with Crippen LogP contribution in [0.4, 0.5) is 5.13 Å². The minimum Gasteiger partial charge on any atom is -0.550 e. The summed E-state index contributed by atoms with van der Waals surface area (Å²) >= 11 is 1.32. The zero-order valence-electron chi connectivity index (χ0n) is 9.78. The molecule has 1 rings (SSSR count). The maximum absolute atomic E-state index is 10.6. The van der Waals surface area contributed by atoms with E-state index in [2.05, 4.69) is 15.6 Å². The molecule has 1 heterocycles. The first kappa shape index (κ1) is 16.0. The smallest absolute Gasteiger partial charge is 0.550 e. The first-order chi connectivity index (χ1) is 7.58. The molecule has 0 unspecified atom stereocenters. The van der Waals surface area contributed by atoms with Gasteiger partial charge in [-0.15, -0.1) is 11.3 Å². The van der Waals surface area contributed by atoms with Gasteiger partial charge in [0.2, 0.25) is 5.91 Å². The molecule has 17 heavy (non-hydrogen) atoms. The van der Waals surface area contributed by atoms with E-state index in [4.69, 9.17) is 0 Å². The van der Waals surface area contributed by atoms with Crippen LogP contribution >= 0.6 is 11.3 Å². The molecular formula is C9H12LiN3O3S. The molecule has 88 valence electrons. The summed E-state index contributed by atoms with van der Waals surface area (Å²) in [5.74, 6) is -1.23. The van der Waals surface area contributed by atoms with E-state index in [0.29, 0.717) is 23.9 Å². The van der Waals surface area contributed by atoms with Crippen molar-refractivity contribution in [2.45, 2.75) is 13.3 Å². The van der Waals surface area contributed by atoms with Crippen molar-refractivity contribution in [3.05, 3.63) is 11.1 Å².